The van der Waals surface area contributed by atoms with Crippen molar-refractivity contribution < 1.29 is 14.3 Å². The van der Waals surface area contributed by atoms with Crippen LogP contribution in [0, 0.1) is 5.92 Å². The maximum absolute atomic E-state index is 12.4. The van der Waals surface area contributed by atoms with Crippen molar-refractivity contribution in [3.63, 3.8) is 0 Å². The van der Waals surface area contributed by atoms with Crippen LogP contribution in [0.5, 0.6) is 5.75 Å². The summed E-state index contributed by atoms with van der Waals surface area (Å²) in [6.45, 7) is 3.83. The second-order valence-electron chi connectivity index (χ2n) is 7.13. The molecule has 0 radical (unpaired) electrons. The number of hydrogen-bond acceptors (Lipinski definition) is 3. The minimum atomic E-state index is -0.302. The molecule has 0 saturated carbocycles. The number of ether oxygens (including phenoxy) is 1. The van der Waals surface area contributed by atoms with E-state index < -0.39 is 0 Å². The van der Waals surface area contributed by atoms with Crippen LogP contribution < -0.4 is 15.0 Å². The Morgan fingerprint density at radius 1 is 1.14 bits per heavy atom. The first-order chi connectivity index (χ1) is 13.7. The van der Waals surface area contributed by atoms with Crippen LogP contribution in [0.2, 0.25) is 0 Å². The number of carbonyl (C=O) groups excluding carboxylic acids is 2. The largest absolute Gasteiger partial charge is 0.494 e. The van der Waals surface area contributed by atoms with E-state index in [9.17, 15) is 9.59 Å². The van der Waals surface area contributed by atoms with Gasteiger partial charge in [0.05, 0.1) is 12.5 Å². The number of unbranched alkanes of at least 4 members (excludes halogenated alkanes) is 1. The fourth-order valence-electron chi connectivity index (χ4n) is 3.31. The van der Waals surface area contributed by atoms with Crippen molar-refractivity contribution in [1.29, 1.82) is 0 Å². The standard InChI is InChI=1S/C23H28N2O3/c1-2-3-15-28-21-11-9-20(10-12-21)25-17-19(16-22(25)26)23(27)24-14-13-18-7-5-4-6-8-18/h4-12,19H,2-3,13-17H2,1H3,(H,24,27)/t19-/m1/s1. The van der Waals surface area contributed by atoms with Gasteiger partial charge in [-0.05, 0) is 42.7 Å². The van der Waals surface area contributed by atoms with Gasteiger partial charge in [0.2, 0.25) is 11.8 Å². The molecule has 1 fully saturated rings. The van der Waals surface area contributed by atoms with Gasteiger partial charge >= 0.3 is 0 Å². The van der Waals surface area contributed by atoms with Gasteiger partial charge in [-0.25, -0.2) is 0 Å². The molecule has 1 N–H and O–H groups in total. The highest BCUT2D eigenvalue weighted by Crippen LogP contribution is 2.27. The second kappa shape index (κ2) is 9.93. The zero-order valence-corrected chi connectivity index (χ0v) is 16.4. The van der Waals surface area contributed by atoms with Crippen LogP contribution in [0.15, 0.2) is 54.6 Å². The molecule has 0 aliphatic carbocycles. The van der Waals surface area contributed by atoms with Crippen molar-refractivity contribution in [2.24, 2.45) is 5.92 Å². The van der Waals surface area contributed by atoms with Gasteiger partial charge in [0.1, 0.15) is 5.75 Å². The zero-order valence-electron chi connectivity index (χ0n) is 16.4. The van der Waals surface area contributed by atoms with Gasteiger partial charge in [-0.2, -0.15) is 0 Å². The van der Waals surface area contributed by atoms with Gasteiger partial charge in [-0.15, -0.1) is 0 Å². The number of amides is 2. The van der Waals surface area contributed by atoms with E-state index in [-0.39, 0.29) is 24.2 Å². The highest BCUT2D eigenvalue weighted by Gasteiger charge is 2.34. The average molecular weight is 380 g/mol. The predicted octanol–water partition coefficient (Wildman–Crippen LogP) is 3.58. The topological polar surface area (TPSA) is 58.6 Å². The lowest BCUT2D eigenvalue weighted by Gasteiger charge is -2.17. The number of rotatable bonds is 9. The summed E-state index contributed by atoms with van der Waals surface area (Å²) in [5.41, 5.74) is 2.00. The van der Waals surface area contributed by atoms with Gasteiger partial charge in [0.15, 0.2) is 0 Å². The van der Waals surface area contributed by atoms with E-state index >= 15 is 0 Å². The fraction of sp³-hybridized carbons (Fsp3) is 0.391. The lowest BCUT2D eigenvalue weighted by Crippen LogP contribution is -2.34. The first-order valence-corrected chi connectivity index (χ1v) is 10.0. The summed E-state index contributed by atoms with van der Waals surface area (Å²) in [5.74, 6) is 0.442. The van der Waals surface area contributed by atoms with Crippen LogP contribution >= 0.6 is 0 Å². The summed E-state index contributed by atoms with van der Waals surface area (Å²) in [7, 11) is 0. The van der Waals surface area contributed by atoms with Crippen LogP contribution in [-0.4, -0.2) is 31.5 Å². The fourth-order valence-corrected chi connectivity index (χ4v) is 3.31. The van der Waals surface area contributed by atoms with E-state index in [1.165, 1.54) is 5.56 Å². The lowest BCUT2D eigenvalue weighted by atomic mass is 10.1. The molecular formula is C23H28N2O3. The van der Waals surface area contributed by atoms with Gasteiger partial charge in [0, 0.05) is 25.2 Å². The van der Waals surface area contributed by atoms with Crippen LogP contribution in [0.3, 0.4) is 0 Å². The summed E-state index contributed by atoms with van der Waals surface area (Å²) in [4.78, 5) is 26.5. The molecule has 28 heavy (non-hydrogen) atoms. The first kappa shape index (κ1) is 19.9. The molecule has 1 atom stereocenters. The summed E-state index contributed by atoms with van der Waals surface area (Å²) >= 11 is 0. The molecule has 148 valence electrons. The number of nitrogens with one attached hydrogen (secondary N) is 1. The van der Waals surface area contributed by atoms with E-state index in [1.807, 2.05) is 54.6 Å². The minimum absolute atomic E-state index is 0.0112. The molecule has 1 heterocycles. The van der Waals surface area contributed by atoms with Crippen molar-refractivity contribution in [2.45, 2.75) is 32.6 Å². The Labute approximate surface area is 166 Å². The van der Waals surface area contributed by atoms with E-state index in [0.29, 0.717) is 19.7 Å². The molecule has 2 amide bonds. The zero-order chi connectivity index (χ0) is 19.8. The Morgan fingerprint density at radius 2 is 1.89 bits per heavy atom. The molecule has 3 rings (SSSR count). The van der Waals surface area contributed by atoms with Crippen molar-refractivity contribution >= 4 is 17.5 Å². The van der Waals surface area contributed by atoms with E-state index in [2.05, 4.69) is 12.2 Å². The Morgan fingerprint density at radius 3 is 2.61 bits per heavy atom. The normalized spacial score (nSPS) is 16.2. The van der Waals surface area contributed by atoms with E-state index in [0.717, 1.165) is 30.7 Å². The number of nitrogens with zero attached hydrogens (tertiary/aromatic N) is 1. The summed E-state index contributed by atoms with van der Waals surface area (Å²) in [6.07, 6.45) is 3.16. The van der Waals surface area contributed by atoms with Crippen molar-refractivity contribution in [1.82, 2.24) is 5.32 Å². The first-order valence-electron chi connectivity index (χ1n) is 10.0. The smallest absolute Gasteiger partial charge is 0.227 e. The Balaban J connectivity index is 1.49. The van der Waals surface area contributed by atoms with Crippen molar-refractivity contribution in [2.75, 3.05) is 24.6 Å². The molecule has 0 bridgehead atoms. The second-order valence-corrected chi connectivity index (χ2v) is 7.13. The number of anilines is 1. The van der Waals surface area contributed by atoms with Gasteiger partial charge in [-0.1, -0.05) is 43.7 Å². The van der Waals surface area contributed by atoms with Crippen LogP contribution in [-0.2, 0) is 16.0 Å². The maximum atomic E-state index is 12.4. The van der Waals surface area contributed by atoms with Crippen LogP contribution in [0.1, 0.15) is 31.7 Å². The molecule has 0 spiro atoms. The van der Waals surface area contributed by atoms with Gasteiger partial charge in [0.25, 0.3) is 0 Å². The summed E-state index contributed by atoms with van der Waals surface area (Å²) in [6, 6.07) is 17.6. The average Bonchev–Trinajstić information content (AvgIpc) is 3.11. The molecule has 1 aliphatic rings. The Bertz CT molecular complexity index is 774. The lowest BCUT2D eigenvalue weighted by molar-refractivity contribution is -0.126. The van der Waals surface area contributed by atoms with E-state index in [4.69, 9.17) is 4.74 Å². The van der Waals surface area contributed by atoms with E-state index in [1.54, 1.807) is 4.90 Å². The minimum Gasteiger partial charge on any atom is -0.494 e. The summed E-state index contributed by atoms with van der Waals surface area (Å²) < 4.78 is 5.66. The van der Waals surface area contributed by atoms with Gasteiger partial charge in [-0.3, -0.25) is 9.59 Å². The molecular weight excluding hydrogens is 352 g/mol. The van der Waals surface area contributed by atoms with Crippen LogP contribution in [0.25, 0.3) is 0 Å². The molecule has 5 heteroatoms. The predicted molar refractivity (Wildman–Crippen MR) is 110 cm³/mol. The number of carbonyl (C=O) groups is 2. The molecule has 2 aromatic rings. The highest BCUT2D eigenvalue weighted by atomic mass is 16.5. The maximum Gasteiger partial charge on any atom is 0.227 e. The SMILES string of the molecule is CCCCOc1ccc(N2C[C@H](C(=O)NCCc3ccccc3)CC2=O)cc1. The molecule has 5 nitrogen and oxygen atoms in total. The molecule has 1 saturated heterocycles. The third-order valence-electron chi connectivity index (χ3n) is 4.97. The monoisotopic (exact) mass is 380 g/mol. The van der Waals surface area contributed by atoms with Crippen LogP contribution in [0.4, 0.5) is 5.69 Å². The highest BCUT2D eigenvalue weighted by molar-refractivity contribution is 6.00. The van der Waals surface area contributed by atoms with Gasteiger partial charge < -0.3 is 15.0 Å². The third kappa shape index (κ3) is 5.35. The molecule has 2 aromatic carbocycles. The quantitative estimate of drug-likeness (QED) is 0.677. The number of hydrogen-bond donors (Lipinski definition) is 1. The van der Waals surface area contributed by atoms with Crippen molar-refractivity contribution in [3.8, 4) is 5.75 Å². The Kier molecular flexibility index (Phi) is 7.06. The number of benzene rings is 2. The third-order valence-corrected chi connectivity index (χ3v) is 4.97. The Hall–Kier alpha value is -2.82. The molecule has 0 unspecified atom stereocenters. The summed E-state index contributed by atoms with van der Waals surface area (Å²) in [5, 5.41) is 2.97. The van der Waals surface area contributed by atoms with Crippen molar-refractivity contribution in [3.05, 3.63) is 60.2 Å². The molecule has 0 aromatic heterocycles. The molecule has 1 aliphatic heterocycles.